The second-order valence-corrected chi connectivity index (χ2v) is 7.06. The van der Waals surface area contributed by atoms with Crippen molar-refractivity contribution in [3.8, 4) is 5.75 Å². The summed E-state index contributed by atoms with van der Waals surface area (Å²) in [4.78, 5) is 25.1. The number of ether oxygens (including phenoxy) is 2. The smallest absolute Gasteiger partial charge is 0.317 e. The lowest BCUT2D eigenvalue weighted by molar-refractivity contribution is -0.153. The number of amides is 1. The number of nitrogens with one attached hydrogen (secondary N) is 1. The molecule has 5 nitrogen and oxygen atoms in total. The van der Waals surface area contributed by atoms with Crippen molar-refractivity contribution in [3.63, 3.8) is 0 Å². The van der Waals surface area contributed by atoms with Crippen LogP contribution in [0, 0.1) is 0 Å². The van der Waals surface area contributed by atoms with Crippen LogP contribution < -0.4 is 10.1 Å². The van der Waals surface area contributed by atoms with Crippen LogP contribution in [-0.4, -0.2) is 25.6 Å². The second-order valence-electron chi connectivity index (χ2n) is 6.62. The van der Waals surface area contributed by atoms with E-state index < -0.39 is 11.3 Å². The molecule has 0 unspecified atom stereocenters. The quantitative estimate of drug-likeness (QED) is 0.749. The minimum atomic E-state index is -0.699. The molecule has 0 saturated heterocycles. The predicted molar refractivity (Wildman–Crippen MR) is 104 cm³/mol. The van der Waals surface area contributed by atoms with E-state index >= 15 is 0 Å². The van der Waals surface area contributed by atoms with Crippen molar-refractivity contribution in [1.82, 2.24) is 0 Å². The van der Waals surface area contributed by atoms with Gasteiger partial charge in [-0.15, -0.1) is 0 Å². The van der Waals surface area contributed by atoms with E-state index in [-0.39, 0.29) is 12.6 Å². The van der Waals surface area contributed by atoms with E-state index in [9.17, 15) is 9.59 Å². The second kappa shape index (κ2) is 8.44. The zero-order valence-corrected chi connectivity index (χ0v) is 15.9. The van der Waals surface area contributed by atoms with Gasteiger partial charge in [0.15, 0.2) is 6.61 Å². The van der Waals surface area contributed by atoms with Crippen LogP contribution in [0.25, 0.3) is 0 Å². The summed E-state index contributed by atoms with van der Waals surface area (Å²) in [6.45, 7) is -0.341. The number of carbonyl (C=O) groups is 2. The molecule has 1 N–H and O–H groups in total. The summed E-state index contributed by atoms with van der Waals surface area (Å²) in [6.07, 6.45) is 3.32. The van der Waals surface area contributed by atoms with E-state index in [0.29, 0.717) is 29.3 Å². The first-order chi connectivity index (χ1) is 13.0. The monoisotopic (exact) mass is 387 g/mol. The Morgan fingerprint density at radius 3 is 2.41 bits per heavy atom. The van der Waals surface area contributed by atoms with Gasteiger partial charge in [-0.1, -0.05) is 48.7 Å². The highest BCUT2D eigenvalue weighted by molar-refractivity contribution is 6.30. The molecule has 1 aliphatic rings. The highest BCUT2D eigenvalue weighted by Crippen LogP contribution is 2.42. The number of carbonyl (C=O) groups excluding carboxylic acids is 2. The van der Waals surface area contributed by atoms with Gasteiger partial charge in [-0.2, -0.15) is 0 Å². The molecule has 1 saturated carbocycles. The molecule has 0 radical (unpaired) electrons. The van der Waals surface area contributed by atoms with Crippen LogP contribution in [-0.2, 0) is 19.7 Å². The standard InChI is InChI=1S/C21H22ClNO4/c1-26-18-7-3-2-6-17(18)23-19(24)14-27-20(25)21(12-4-5-13-21)15-8-10-16(22)11-9-15/h2-3,6-11H,4-5,12-14H2,1H3,(H,23,24). The third-order valence-electron chi connectivity index (χ3n) is 4.96. The van der Waals surface area contributed by atoms with E-state index in [1.807, 2.05) is 18.2 Å². The molecule has 0 heterocycles. The van der Waals surface area contributed by atoms with Gasteiger partial charge >= 0.3 is 5.97 Å². The normalized spacial score (nSPS) is 15.2. The number of hydrogen-bond acceptors (Lipinski definition) is 4. The molecule has 1 aliphatic carbocycles. The lowest BCUT2D eigenvalue weighted by Gasteiger charge is -2.27. The molecule has 142 valence electrons. The number of esters is 1. The van der Waals surface area contributed by atoms with E-state index in [1.165, 1.54) is 7.11 Å². The zero-order valence-electron chi connectivity index (χ0n) is 15.2. The van der Waals surface area contributed by atoms with Gasteiger partial charge in [-0.05, 0) is 42.7 Å². The third kappa shape index (κ3) is 4.25. The van der Waals surface area contributed by atoms with E-state index in [2.05, 4.69) is 5.32 Å². The molecule has 6 heteroatoms. The largest absolute Gasteiger partial charge is 0.495 e. The average molecular weight is 388 g/mol. The van der Waals surface area contributed by atoms with Gasteiger partial charge < -0.3 is 14.8 Å². The summed E-state index contributed by atoms with van der Waals surface area (Å²) in [5.74, 6) is -0.222. The number of anilines is 1. The maximum Gasteiger partial charge on any atom is 0.317 e. The first kappa shape index (κ1) is 19.2. The van der Waals surface area contributed by atoms with Crippen molar-refractivity contribution in [3.05, 3.63) is 59.1 Å². The fourth-order valence-electron chi connectivity index (χ4n) is 3.56. The molecule has 1 amide bonds. The molecular weight excluding hydrogens is 366 g/mol. The van der Waals surface area contributed by atoms with Gasteiger partial charge in [0.05, 0.1) is 18.2 Å². The summed E-state index contributed by atoms with van der Waals surface area (Å²) < 4.78 is 10.6. The van der Waals surface area contributed by atoms with Crippen molar-refractivity contribution in [2.45, 2.75) is 31.1 Å². The Morgan fingerprint density at radius 2 is 1.74 bits per heavy atom. The number of hydrogen-bond donors (Lipinski definition) is 1. The van der Waals surface area contributed by atoms with E-state index in [1.54, 1.807) is 30.3 Å². The van der Waals surface area contributed by atoms with E-state index in [4.69, 9.17) is 21.1 Å². The molecule has 0 atom stereocenters. The fourth-order valence-corrected chi connectivity index (χ4v) is 3.69. The van der Waals surface area contributed by atoms with Crippen LogP contribution >= 0.6 is 11.6 Å². The van der Waals surface area contributed by atoms with E-state index in [0.717, 1.165) is 18.4 Å². The van der Waals surface area contributed by atoms with Crippen LogP contribution in [0.4, 0.5) is 5.69 Å². The van der Waals surface area contributed by atoms with Crippen molar-refractivity contribution in [2.75, 3.05) is 19.0 Å². The van der Waals surface area contributed by atoms with Crippen molar-refractivity contribution in [2.24, 2.45) is 0 Å². The van der Waals surface area contributed by atoms with Crippen LogP contribution in [0.3, 0.4) is 0 Å². The molecule has 0 bridgehead atoms. The maximum atomic E-state index is 12.9. The van der Waals surface area contributed by atoms with Gasteiger partial charge in [0.25, 0.3) is 5.91 Å². The van der Waals surface area contributed by atoms with Gasteiger partial charge in [-0.25, -0.2) is 0 Å². The number of para-hydroxylation sites is 2. The number of rotatable bonds is 6. The van der Waals surface area contributed by atoms with Crippen LogP contribution in [0.1, 0.15) is 31.2 Å². The molecule has 27 heavy (non-hydrogen) atoms. The third-order valence-corrected chi connectivity index (χ3v) is 5.21. The molecule has 2 aromatic carbocycles. The Balaban J connectivity index is 1.66. The minimum absolute atomic E-state index is 0.341. The van der Waals surface area contributed by atoms with Gasteiger partial charge in [0.1, 0.15) is 5.75 Å². The minimum Gasteiger partial charge on any atom is -0.495 e. The van der Waals surface area contributed by atoms with Crippen molar-refractivity contribution < 1.29 is 19.1 Å². The highest BCUT2D eigenvalue weighted by atomic mass is 35.5. The summed E-state index contributed by atoms with van der Waals surface area (Å²) in [6, 6.07) is 14.4. The summed E-state index contributed by atoms with van der Waals surface area (Å²) in [5.41, 5.74) is 0.726. The Kier molecular flexibility index (Phi) is 6.01. The van der Waals surface area contributed by atoms with Crippen LogP contribution in [0.2, 0.25) is 5.02 Å². The van der Waals surface area contributed by atoms with Crippen LogP contribution in [0.5, 0.6) is 5.75 Å². The average Bonchev–Trinajstić information content (AvgIpc) is 3.18. The summed E-state index contributed by atoms with van der Waals surface area (Å²) in [5, 5.41) is 3.33. The van der Waals surface area contributed by atoms with Gasteiger partial charge in [0, 0.05) is 5.02 Å². The maximum absolute atomic E-state index is 12.9. The Bertz CT molecular complexity index is 813. The topological polar surface area (TPSA) is 64.6 Å². The summed E-state index contributed by atoms with van der Waals surface area (Å²) >= 11 is 5.97. The molecule has 0 aliphatic heterocycles. The zero-order chi connectivity index (χ0) is 19.3. The van der Waals surface area contributed by atoms with Gasteiger partial charge in [-0.3, -0.25) is 9.59 Å². The molecule has 0 aromatic heterocycles. The Hall–Kier alpha value is -2.53. The predicted octanol–water partition coefficient (Wildman–Crippen LogP) is 4.34. The molecule has 0 spiro atoms. The van der Waals surface area contributed by atoms with Crippen LogP contribution in [0.15, 0.2) is 48.5 Å². The highest BCUT2D eigenvalue weighted by Gasteiger charge is 2.44. The molecule has 1 fully saturated rings. The summed E-state index contributed by atoms with van der Waals surface area (Å²) in [7, 11) is 1.53. The van der Waals surface area contributed by atoms with Crippen molar-refractivity contribution in [1.29, 1.82) is 0 Å². The fraction of sp³-hybridized carbons (Fsp3) is 0.333. The SMILES string of the molecule is COc1ccccc1NC(=O)COC(=O)C1(c2ccc(Cl)cc2)CCCC1. The van der Waals surface area contributed by atoms with Gasteiger partial charge in [0.2, 0.25) is 0 Å². The van der Waals surface area contributed by atoms with Crippen molar-refractivity contribution >= 4 is 29.2 Å². The number of benzene rings is 2. The first-order valence-corrected chi connectivity index (χ1v) is 9.29. The number of methoxy groups -OCH3 is 1. The lowest BCUT2D eigenvalue weighted by Crippen LogP contribution is -2.36. The molecule has 2 aromatic rings. The molecular formula is C21H22ClNO4. The number of halogens is 1. The Morgan fingerprint density at radius 1 is 1.07 bits per heavy atom. The molecule has 3 rings (SSSR count). The Labute approximate surface area is 163 Å². The first-order valence-electron chi connectivity index (χ1n) is 8.91. The lowest BCUT2D eigenvalue weighted by atomic mass is 9.79.